The SMILES string of the molecule is CC.O[C@H](CN(Cc1cccc(OC(F)(F)C(F)F)c1)c1cccc(Oc2ccccc2)c1)C(F)(F)Cl. The van der Waals surface area contributed by atoms with Gasteiger partial charge in [0.2, 0.25) is 0 Å². The quantitative estimate of drug-likeness (QED) is 0.195. The van der Waals surface area contributed by atoms with Crippen molar-refractivity contribution in [3.8, 4) is 17.2 Å². The number of rotatable bonds is 11. The number of anilines is 1. The first-order valence-electron chi connectivity index (χ1n) is 11.2. The van der Waals surface area contributed by atoms with E-state index in [1.807, 2.05) is 13.8 Å². The van der Waals surface area contributed by atoms with E-state index in [2.05, 4.69) is 4.74 Å². The van der Waals surface area contributed by atoms with Crippen molar-refractivity contribution in [2.24, 2.45) is 0 Å². The van der Waals surface area contributed by atoms with Gasteiger partial charge in [0.05, 0.1) is 6.54 Å². The molecule has 0 saturated heterocycles. The minimum Gasteiger partial charge on any atom is -0.457 e. The van der Waals surface area contributed by atoms with Gasteiger partial charge in [-0.1, -0.05) is 50.2 Å². The molecule has 3 aromatic rings. The Balaban J connectivity index is 0.00000235. The molecule has 3 rings (SSSR count). The number of para-hydroxylation sites is 1. The summed E-state index contributed by atoms with van der Waals surface area (Å²) in [5.74, 6) is 0.338. The standard InChI is InChI=1S/C24H20ClF6NO3.C2H6/c25-23(28,29)21(33)15-32(14-16-6-4-11-20(12-16)35-24(30,31)22(26)27)17-7-5-10-19(13-17)34-18-8-2-1-3-9-18;1-2/h1-13,21-22,33H,14-15H2;1-2H3/t21-;/m1./s1. The molecule has 37 heavy (non-hydrogen) atoms. The number of halogens is 7. The molecule has 0 fully saturated rings. The number of alkyl halides is 7. The molecule has 11 heteroatoms. The molecule has 0 aliphatic heterocycles. The molecule has 0 radical (unpaired) electrons. The summed E-state index contributed by atoms with van der Waals surface area (Å²) in [6, 6.07) is 19.9. The van der Waals surface area contributed by atoms with Crippen LogP contribution in [0.4, 0.5) is 32.0 Å². The number of ether oxygens (including phenoxy) is 2. The summed E-state index contributed by atoms with van der Waals surface area (Å²) >= 11 is 4.98. The molecule has 3 aromatic carbocycles. The third-order valence-corrected chi connectivity index (χ3v) is 4.96. The van der Waals surface area contributed by atoms with Crippen molar-refractivity contribution in [3.63, 3.8) is 0 Å². The lowest BCUT2D eigenvalue weighted by molar-refractivity contribution is -0.253. The van der Waals surface area contributed by atoms with E-state index in [4.69, 9.17) is 16.3 Å². The number of hydrogen-bond donors (Lipinski definition) is 1. The predicted octanol–water partition coefficient (Wildman–Crippen LogP) is 7.94. The van der Waals surface area contributed by atoms with Gasteiger partial charge in [-0.2, -0.15) is 26.3 Å². The lowest BCUT2D eigenvalue weighted by atomic mass is 10.1. The highest BCUT2D eigenvalue weighted by atomic mass is 35.5. The monoisotopic (exact) mass is 549 g/mol. The van der Waals surface area contributed by atoms with Crippen LogP contribution in [0.5, 0.6) is 17.2 Å². The minimum atomic E-state index is -4.71. The van der Waals surface area contributed by atoms with Crippen LogP contribution in [0.1, 0.15) is 19.4 Å². The van der Waals surface area contributed by atoms with Gasteiger partial charge in [-0.3, -0.25) is 0 Å². The highest BCUT2D eigenvalue weighted by molar-refractivity contribution is 6.22. The van der Waals surface area contributed by atoms with Crippen LogP contribution in [-0.2, 0) is 6.54 Å². The highest BCUT2D eigenvalue weighted by Gasteiger charge is 2.44. The summed E-state index contributed by atoms with van der Waals surface area (Å²) in [5, 5.41) is 5.96. The molecule has 4 nitrogen and oxygen atoms in total. The van der Waals surface area contributed by atoms with Gasteiger partial charge in [0.1, 0.15) is 23.4 Å². The highest BCUT2D eigenvalue weighted by Crippen LogP contribution is 2.32. The van der Waals surface area contributed by atoms with Crippen LogP contribution in [0.25, 0.3) is 0 Å². The molecule has 0 spiro atoms. The molecular weight excluding hydrogens is 524 g/mol. The third-order valence-electron chi connectivity index (χ3n) is 4.71. The van der Waals surface area contributed by atoms with Crippen molar-refractivity contribution < 1.29 is 40.9 Å². The van der Waals surface area contributed by atoms with E-state index in [-0.39, 0.29) is 12.1 Å². The fourth-order valence-electron chi connectivity index (χ4n) is 3.07. The van der Waals surface area contributed by atoms with Gasteiger partial charge in [-0.05, 0) is 53.6 Å². The molecule has 0 saturated carbocycles. The van der Waals surface area contributed by atoms with Gasteiger partial charge in [0.25, 0.3) is 0 Å². The van der Waals surface area contributed by atoms with Crippen LogP contribution in [-0.4, -0.2) is 35.7 Å². The summed E-state index contributed by atoms with van der Waals surface area (Å²) in [6.45, 7) is 3.17. The average Bonchev–Trinajstić information content (AvgIpc) is 2.85. The largest absolute Gasteiger partial charge is 0.461 e. The first-order chi connectivity index (χ1) is 17.4. The molecular formula is C26H26ClF6NO3. The molecule has 202 valence electrons. The van der Waals surface area contributed by atoms with Crippen molar-refractivity contribution >= 4 is 17.3 Å². The first-order valence-corrected chi connectivity index (χ1v) is 11.6. The fraction of sp³-hybridized carbons (Fsp3) is 0.308. The van der Waals surface area contributed by atoms with Crippen molar-refractivity contribution in [1.82, 2.24) is 0 Å². The van der Waals surface area contributed by atoms with Crippen LogP contribution >= 0.6 is 11.6 Å². The van der Waals surface area contributed by atoms with Crippen LogP contribution in [0.2, 0.25) is 0 Å². The molecule has 0 bridgehead atoms. The molecule has 1 atom stereocenters. The number of aliphatic hydroxyl groups excluding tert-OH is 1. The number of hydrogen-bond acceptors (Lipinski definition) is 4. The Morgan fingerprint density at radius 1 is 0.838 bits per heavy atom. The maximum atomic E-state index is 13.5. The summed E-state index contributed by atoms with van der Waals surface area (Å²) in [5.41, 5.74) is 0.592. The zero-order valence-corrected chi connectivity index (χ0v) is 20.7. The Morgan fingerprint density at radius 3 is 2.05 bits per heavy atom. The van der Waals surface area contributed by atoms with Crippen LogP contribution in [0.15, 0.2) is 78.9 Å². The van der Waals surface area contributed by atoms with E-state index in [1.54, 1.807) is 48.5 Å². The van der Waals surface area contributed by atoms with E-state index in [0.29, 0.717) is 17.2 Å². The second-order valence-electron chi connectivity index (χ2n) is 7.46. The van der Waals surface area contributed by atoms with Crippen molar-refractivity contribution in [3.05, 3.63) is 84.4 Å². The second kappa shape index (κ2) is 13.4. The van der Waals surface area contributed by atoms with Crippen molar-refractivity contribution in [1.29, 1.82) is 0 Å². The van der Waals surface area contributed by atoms with Crippen molar-refractivity contribution in [2.45, 2.75) is 44.4 Å². The summed E-state index contributed by atoms with van der Waals surface area (Å²) in [6.07, 6.45) is -11.0. The van der Waals surface area contributed by atoms with Crippen LogP contribution < -0.4 is 14.4 Å². The zero-order valence-electron chi connectivity index (χ0n) is 19.9. The maximum Gasteiger partial charge on any atom is 0.461 e. The summed E-state index contributed by atoms with van der Waals surface area (Å²) in [7, 11) is 0. The minimum absolute atomic E-state index is 0.184. The average molecular weight is 550 g/mol. The Kier molecular flexibility index (Phi) is 10.9. The Hall–Kier alpha value is -3.11. The number of benzene rings is 3. The van der Waals surface area contributed by atoms with E-state index >= 15 is 0 Å². The van der Waals surface area contributed by atoms with Crippen molar-refractivity contribution in [2.75, 3.05) is 11.4 Å². The molecule has 0 heterocycles. The van der Waals surface area contributed by atoms with Gasteiger partial charge in [-0.25, -0.2) is 0 Å². The van der Waals surface area contributed by atoms with Gasteiger partial charge in [0, 0.05) is 18.3 Å². The summed E-state index contributed by atoms with van der Waals surface area (Å²) in [4.78, 5) is 1.31. The van der Waals surface area contributed by atoms with E-state index in [9.17, 15) is 31.4 Å². The fourth-order valence-corrected chi connectivity index (χ4v) is 3.14. The first kappa shape index (κ1) is 30.1. The third kappa shape index (κ3) is 9.36. The van der Waals surface area contributed by atoms with Gasteiger partial charge in [-0.15, -0.1) is 0 Å². The lowest BCUT2D eigenvalue weighted by Crippen LogP contribution is -2.40. The molecule has 0 aliphatic carbocycles. The Morgan fingerprint density at radius 2 is 1.43 bits per heavy atom. The van der Waals surface area contributed by atoms with E-state index in [0.717, 1.165) is 12.1 Å². The normalized spacial score (nSPS) is 12.4. The van der Waals surface area contributed by atoms with Gasteiger partial charge >= 0.3 is 17.9 Å². The molecule has 1 N–H and O–H groups in total. The van der Waals surface area contributed by atoms with Gasteiger partial charge in [0.15, 0.2) is 0 Å². The molecule has 0 aromatic heterocycles. The molecule has 0 amide bonds. The topological polar surface area (TPSA) is 41.9 Å². The Bertz CT molecular complexity index is 1100. The van der Waals surface area contributed by atoms with Crippen LogP contribution in [0, 0.1) is 0 Å². The number of aliphatic hydroxyl groups is 1. The smallest absolute Gasteiger partial charge is 0.457 e. The molecule has 0 unspecified atom stereocenters. The second-order valence-corrected chi connectivity index (χ2v) is 7.97. The van der Waals surface area contributed by atoms with Gasteiger partial charge < -0.3 is 19.5 Å². The van der Waals surface area contributed by atoms with Crippen LogP contribution in [0.3, 0.4) is 0 Å². The van der Waals surface area contributed by atoms with E-state index in [1.165, 1.54) is 23.1 Å². The maximum absolute atomic E-state index is 13.5. The molecule has 0 aliphatic rings. The zero-order chi connectivity index (χ0) is 27.6. The number of nitrogens with zero attached hydrogens (tertiary/aromatic N) is 1. The lowest BCUT2D eigenvalue weighted by Gasteiger charge is -2.29. The Labute approximate surface area is 216 Å². The summed E-state index contributed by atoms with van der Waals surface area (Å²) < 4.78 is 88.4. The van der Waals surface area contributed by atoms with E-state index < -0.39 is 36.3 Å². The predicted molar refractivity (Wildman–Crippen MR) is 130 cm³/mol.